The molecule has 3 aromatic heterocycles. The SMILES string of the molecule is Cc1cn(-c2ccc(/C=C/c3nc4n(n3)CCC[C@@H]4c3cccc(F)c3)nc2C)cn1. The quantitative estimate of drug-likeness (QED) is 0.485. The topological polar surface area (TPSA) is 61.4 Å². The Morgan fingerprint density at radius 3 is 2.77 bits per heavy atom. The number of benzene rings is 1. The lowest BCUT2D eigenvalue weighted by molar-refractivity contribution is 0.444. The zero-order valence-electron chi connectivity index (χ0n) is 17.5. The van der Waals surface area contributed by atoms with Gasteiger partial charge in [0, 0.05) is 18.7 Å². The Morgan fingerprint density at radius 1 is 1.10 bits per heavy atom. The standard InChI is InChI=1S/C24H23FN6/c1-16-14-30(15-26-16)22-10-8-20(27-17(22)2)9-11-23-28-24-21(7-4-12-31(24)29-23)18-5-3-6-19(25)13-18/h3,5-6,8-11,13-15,21H,4,7,12H2,1-2H3/b11-9+/t21-/m1/s1. The Morgan fingerprint density at radius 2 is 2.00 bits per heavy atom. The third-order valence-electron chi connectivity index (χ3n) is 5.61. The van der Waals surface area contributed by atoms with Gasteiger partial charge in [0.25, 0.3) is 0 Å². The van der Waals surface area contributed by atoms with Gasteiger partial charge in [-0.15, -0.1) is 0 Å². The van der Waals surface area contributed by atoms with Gasteiger partial charge in [0.15, 0.2) is 5.82 Å². The van der Waals surface area contributed by atoms with Gasteiger partial charge in [0.1, 0.15) is 11.6 Å². The molecule has 0 saturated heterocycles. The summed E-state index contributed by atoms with van der Waals surface area (Å²) in [5.74, 6) is 1.39. The zero-order valence-corrected chi connectivity index (χ0v) is 17.5. The molecule has 0 N–H and O–H groups in total. The van der Waals surface area contributed by atoms with Crippen LogP contribution in [0.4, 0.5) is 4.39 Å². The molecule has 0 amide bonds. The summed E-state index contributed by atoms with van der Waals surface area (Å²) in [5.41, 5.74) is 4.68. The monoisotopic (exact) mass is 414 g/mol. The third-order valence-corrected chi connectivity index (χ3v) is 5.61. The van der Waals surface area contributed by atoms with Gasteiger partial charge >= 0.3 is 0 Å². The van der Waals surface area contributed by atoms with Gasteiger partial charge in [-0.25, -0.2) is 19.0 Å². The van der Waals surface area contributed by atoms with Gasteiger partial charge in [-0.2, -0.15) is 5.10 Å². The predicted molar refractivity (Wildman–Crippen MR) is 117 cm³/mol. The van der Waals surface area contributed by atoms with Crippen molar-refractivity contribution in [2.75, 3.05) is 0 Å². The second-order valence-electron chi connectivity index (χ2n) is 7.90. The summed E-state index contributed by atoms with van der Waals surface area (Å²) in [6.45, 7) is 4.78. The number of hydrogen-bond donors (Lipinski definition) is 0. The first-order valence-electron chi connectivity index (χ1n) is 10.4. The van der Waals surface area contributed by atoms with Gasteiger partial charge in [-0.1, -0.05) is 12.1 Å². The van der Waals surface area contributed by atoms with Crippen LogP contribution in [0.15, 0.2) is 48.9 Å². The van der Waals surface area contributed by atoms with Gasteiger partial charge in [0.05, 0.1) is 29.1 Å². The smallest absolute Gasteiger partial charge is 0.174 e. The van der Waals surface area contributed by atoms with Crippen LogP contribution < -0.4 is 0 Å². The minimum Gasteiger partial charge on any atom is -0.304 e. The summed E-state index contributed by atoms with van der Waals surface area (Å²) < 4.78 is 17.6. The highest BCUT2D eigenvalue weighted by Gasteiger charge is 2.25. The van der Waals surface area contributed by atoms with E-state index in [-0.39, 0.29) is 11.7 Å². The van der Waals surface area contributed by atoms with Crippen molar-refractivity contribution in [1.82, 2.24) is 29.3 Å². The molecule has 0 aliphatic carbocycles. The summed E-state index contributed by atoms with van der Waals surface area (Å²) >= 11 is 0. The molecular formula is C24H23FN6. The van der Waals surface area contributed by atoms with Crippen LogP contribution in [0.2, 0.25) is 0 Å². The minimum atomic E-state index is -0.218. The van der Waals surface area contributed by atoms with E-state index in [4.69, 9.17) is 4.98 Å². The summed E-state index contributed by atoms with van der Waals surface area (Å²) in [5, 5.41) is 4.64. The van der Waals surface area contributed by atoms with Gasteiger partial charge in [-0.05, 0) is 68.7 Å². The molecule has 1 aromatic carbocycles. The molecule has 4 heterocycles. The maximum atomic E-state index is 13.7. The second-order valence-corrected chi connectivity index (χ2v) is 7.90. The molecule has 1 aliphatic rings. The Balaban J connectivity index is 1.39. The molecule has 4 aromatic rings. The molecule has 31 heavy (non-hydrogen) atoms. The molecular weight excluding hydrogens is 391 g/mol. The number of aromatic nitrogens is 6. The van der Waals surface area contributed by atoms with Crippen LogP contribution in [0.3, 0.4) is 0 Å². The Labute approximate surface area is 180 Å². The number of nitrogens with zero attached hydrogens (tertiary/aromatic N) is 6. The van der Waals surface area contributed by atoms with Crippen molar-refractivity contribution in [3.05, 3.63) is 89.0 Å². The summed E-state index contributed by atoms with van der Waals surface area (Å²) in [6, 6.07) is 10.8. The van der Waals surface area contributed by atoms with Crippen molar-refractivity contribution in [2.24, 2.45) is 0 Å². The van der Waals surface area contributed by atoms with Crippen LogP contribution in [-0.2, 0) is 6.54 Å². The molecule has 6 nitrogen and oxygen atoms in total. The number of imidazole rings is 1. The highest BCUT2D eigenvalue weighted by Crippen LogP contribution is 2.32. The average molecular weight is 414 g/mol. The molecule has 156 valence electrons. The van der Waals surface area contributed by atoms with E-state index in [1.54, 1.807) is 18.5 Å². The number of halogens is 1. The van der Waals surface area contributed by atoms with Crippen molar-refractivity contribution < 1.29 is 4.39 Å². The molecule has 1 atom stereocenters. The summed E-state index contributed by atoms with van der Waals surface area (Å²) in [4.78, 5) is 13.7. The maximum Gasteiger partial charge on any atom is 0.174 e. The number of rotatable bonds is 4. The highest BCUT2D eigenvalue weighted by atomic mass is 19.1. The van der Waals surface area contributed by atoms with Crippen LogP contribution in [0.1, 0.15) is 53.1 Å². The van der Waals surface area contributed by atoms with Gasteiger partial charge < -0.3 is 4.57 Å². The van der Waals surface area contributed by atoms with E-state index in [0.29, 0.717) is 5.82 Å². The fraction of sp³-hybridized carbons (Fsp3) is 0.250. The van der Waals surface area contributed by atoms with E-state index in [2.05, 4.69) is 15.1 Å². The molecule has 0 radical (unpaired) electrons. The first kappa shape index (κ1) is 19.4. The van der Waals surface area contributed by atoms with Crippen LogP contribution >= 0.6 is 0 Å². The van der Waals surface area contributed by atoms with Crippen molar-refractivity contribution >= 4 is 12.2 Å². The van der Waals surface area contributed by atoms with E-state index < -0.39 is 0 Å². The average Bonchev–Trinajstić information content (AvgIpc) is 3.38. The van der Waals surface area contributed by atoms with Gasteiger partial charge in [0.2, 0.25) is 0 Å². The second kappa shape index (κ2) is 7.91. The number of fused-ring (bicyclic) bond motifs is 1. The maximum absolute atomic E-state index is 13.7. The summed E-state index contributed by atoms with van der Waals surface area (Å²) in [6.07, 6.45) is 9.53. The van der Waals surface area contributed by atoms with Crippen LogP contribution in [-0.4, -0.2) is 29.3 Å². The Hall–Kier alpha value is -3.61. The molecule has 0 saturated carbocycles. The lowest BCUT2D eigenvalue weighted by Crippen LogP contribution is -2.18. The fourth-order valence-corrected chi connectivity index (χ4v) is 4.13. The molecule has 0 fully saturated rings. The molecule has 1 aliphatic heterocycles. The van der Waals surface area contributed by atoms with Crippen molar-refractivity contribution in [2.45, 2.75) is 39.2 Å². The van der Waals surface area contributed by atoms with Crippen LogP contribution in [0, 0.1) is 19.7 Å². The zero-order chi connectivity index (χ0) is 21.4. The first-order chi connectivity index (χ1) is 15.1. The summed E-state index contributed by atoms with van der Waals surface area (Å²) in [7, 11) is 0. The van der Waals surface area contributed by atoms with E-state index in [1.807, 2.05) is 59.6 Å². The predicted octanol–water partition coefficient (Wildman–Crippen LogP) is 4.71. The number of pyridine rings is 1. The third kappa shape index (κ3) is 3.91. The van der Waals surface area contributed by atoms with Crippen LogP contribution in [0.5, 0.6) is 0 Å². The number of hydrogen-bond acceptors (Lipinski definition) is 4. The Kier molecular flexibility index (Phi) is 4.94. The molecule has 0 bridgehead atoms. The van der Waals surface area contributed by atoms with Crippen LogP contribution in [0.25, 0.3) is 17.8 Å². The van der Waals surface area contributed by atoms with E-state index in [0.717, 1.165) is 53.5 Å². The molecule has 0 unspecified atom stereocenters. The van der Waals surface area contributed by atoms with Gasteiger partial charge in [-0.3, -0.25) is 4.98 Å². The normalized spacial score (nSPS) is 16.0. The largest absolute Gasteiger partial charge is 0.304 e. The minimum absolute atomic E-state index is 0.0670. The van der Waals surface area contributed by atoms with E-state index >= 15 is 0 Å². The van der Waals surface area contributed by atoms with Crippen molar-refractivity contribution in [3.8, 4) is 5.69 Å². The lowest BCUT2D eigenvalue weighted by Gasteiger charge is -2.22. The molecule has 0 spiro atoms. The fourth-order valence-electron chi connectivity index (χ4n) is 4.13. The van der Waals surface area contributed by atoms with E-state index in [1.165, 1.54) is 6.07 Å². The first-order valence-corrected chi connectivity index (χ1v) is 10.4. The lowest BCUT2D eigenvalue weighted by atomic mass is 9.91. The van der Waals surface area contributed by atoms with Crippen molar-refractivity contribution in [1.29, 1.82) is 0 Å². The van der Waals surface area contributed by atoms with E-state index in [9.17, 15) is 4.39 Å². The highest BCUT2D eigenvalue weighted by molar-refractivity contribution is 5.65. The van der Waals surface area contributed by atoms with Crippen molar-refractivity contribution in [3.63, 3.8) is 0 Å². The molecule has 7 heteroatoms. The number of aryl methyl sites for hydroxylation is 3. The Bertz CT molecular complexity index is 1270. The molecule has 5 rings (SSSR count).